The van der Waals surface area contributed by atoms with E-state index in [0.717, 1.165) is 0 Å². The molecule has 0 saturated heterocycles. The molecule has 2 atom stereocenters. The van der Waals surface area contributed by atoms with Crippen LogP contribution in [0.4, 0.5) is 0 Å². The van der Waals surface area contributed by atoms with Crippen LogP contribution in [0, 0.1) is 5.92 Å². The molecule has 0 spiro atoms. The third-order valence-corrected chi connectivity index (χ3v) is 9.65. The zero-order valence-electron chi connectivity index (χ0n) is 13.6. The summed E-state index contributed by atoms with van der Waals surface area (Å²) >= 11 is 0. The number of amides is 1. The maximum Gasteiger partial charge on any atom is 0.226 e. The van der Waals surface area contributed by atoms with Gasteiger partial charge < -0.3 is 0 Å². The molecule has 1 amide bonds. The van der Waals surface area contributed by atoms with Crippen LogP contribution in [-0.4, -0.2) is 22.1 Å². The van der Waals surface area contributed by atoms with Crippen molar-refractivity contribution in [2.45, 2.75) is 51.2 Å². The molecule has 0 N–H and O–H groups in total. The predicted octanol–water partition coefficient (Wildman–Crippen LogP) is 4.91. The van der Waals surface area contributed by atoms with Crippen molar-refractivity contribution >= 4 is 22.1 Å². The summed E-state index contributed by atoms with van der Waals surface area (Å²) in [4.78, 5) is 15.2. The van der Waals surface area contributed by atoms with E-state index in [1.165, 1.54) is 5.20 Å². The summed E-state index contributed by atoms with van der Waals surface area (Å²) in [5, 5.41) is 4.18. The molecule has 1 aliphatic rings. The number of hydrogen-bond donors (Lipinski definition) is 0. The SMILES string of the molecule is CC1C=C([Si](C)(C)C)C=CC1(C(=O)N=[N+]=[N-])[Si](C)(C)C. The summed E-state index contributed by atoms with van der Waals surface area (Å²) in [5.74, 6) is -0.243. The highest BCUT2D eigenvalue weighted by Crippen LogP contribution is 2.51. The maximum atomic E-state index is 12.5. The average Bonchev–Trinajstić information content (AvgIpc) is 2.26. The number of hydrogen-bond acceptors (Lipinski definition) is 1. The summed E-state index contributed by atoms with van der Waals surface area (Å²) in [6.45, 7) is 15.4. The van der Waals surface area contributed by atoms with Gasteiger partial charge >= 0.3 is 0 Å². The van der Waals surface area contributed by atoms with E-state index in [4.69, 9.17) is 5.53 Å². The summed E-state index contributed by atoms with van der Waals surface area (Å²) in [6, 6.07) is 0. The molecular weight excluding hydrogens is 282 g/mol. The molecule has 1 aliphatic carbocycles. The van der Waals surface area contributed by atoms with Crippen LogP contribution in [0.3, 0.4) is 0 Å². The molecule has 2 unspecified atom stereocenters. The first-order valence-corrected chi connectivity index (χ1v) is 14.0. The van der Waals surface area contributed by atoms with Crippen molar-refractivity contribution in [3.8, 4) is 0 Å². The molecule has 4 nitrogen and oxygen atoms in total. The number of azide groups is 1. The van der Waals surface area contributed by atoms with Gasteiger partial charge in [0.05, 0.1) is 21.2 Å². The fraction of sp³-hybridized carbons (Fsp3) is 0.643. The van der Waals surface area contributed by atoms with Crippen LogP contribution in [0.5, 0.6) is 0 Å². The average molecular weight is 308 g/mol. The first-order valence-electron chi connectivity index (χ1n) is 6.98. The van der Waals surface area contributed by atoms with Gasteiger partial charge in [-0.1, -0.05) is 69.6 Å². The minimum atomic E-state index is -1.89. The highest BCUT2D eigenvalue weighted by Gasteiger charge is 2.51. The van der Waals surface area contributed by atoms with Crippen molar-refractivity contribution in [2.75, 3.05) is 0 Å². The van der Waals surface area contributed by atoms with E-state index in [1.807, 2.05) is 6.08 Å². The van der Waals surface area contributed by atoms with E-state index in [9.17, 15) is 4.79 Å². The smallest absolute Gasteiger partial charge is 0.226 e. The van der Waals surface area contributed by atoms with Gasteiger partial charge in [0.25, 0.3) is 0 Å². The maximum absolute atomic E-state index is 12.5. The molecule has 0 aromatic heterocycles. The highest BCUT2D eigenvalue weighted by atomic mass is 28.3. The lowest BCUT2D eigenvalue weighted by Crippen LogP contribution is -2.48. The molecule has 0 aromatic carbocycles. The van der Waals surface area contributed by atoms with Gasteiger partial charge in [0, 0.05) is 4.91 Å². The Balaban J connectivity index is 3.40. The summed E-state index contributed by atoms with van der Waals surface area (Å²) in [7, 11) is -3.29. The first kappa shape index (κ1) is 16.9. The summed E-state index contributed by atoms with van der Waals surface area (Å²) in [5.41, 5.74) is 8.64. The van der Waals surface area contributed by atoms with E-state index in [1.54, 1.807) is 0 Å². The van der Waals surface area contributed by atoms with Crippen molar-refractivity contribution in [1.82, 2.24) is 0 Å². The van der Waals surface area contributed by atoms with Crippen LogP contribution >= 0.6 is 0 Å². The Morgan fingerprint density at radius 3 is 2.20 bits per heavy atom. The normalized spacial score (nSPS) is 26.8. The number of rotatable bonds is 3. The molecule has 20 heavy (non-hydrogen) atoms. The molecule has 0 fully saturated rings. The van der Waals surface area contributed by atoms with Gasteiger partial charge in [0.2, 0.25) is 5.91 Å². The minimum absolute atomic E-state index is 0.0823. The molecule has 0 aromatic rings. The summed E-state index contributed by atoms with van der Waals surface area (Å²) in [6.07, 6.45) is 6.37. The first-order chi connectivity index (χ1) is 8.96. The van der Waals surface area contributed by atoms with E-state index in [-0.39, 0.29) is 11.8 Å². The van der Waals surface area contributed by atoms with Gasteiger partial charge in [0.1, 0.15) is 0 Å². The largest absolute Gasteiger partial charge is 0.292 e. The Labute approximate surface area is 123 Å². The zero-order chi connectivity index (χ0) is 15.8. The standard InChI is InChI=1S/C14H25N3OSi2/c1-11-10-12(19(2,3)4)8-9-14(11,20(5,6)7)13(18)16-17-15/h8-11H,1-7H3. The fourth-order valence-corrected chi connectivity index (χ4v) is 7.03. The van der Waals surface area contributed by atoms with E-state index in [2.05, 4.69) is 68.4 Å². The second kappa shape index (κ2) is 5.35. The zero-order valence-corrected chi connectivity index (χ0v) is 15.6. The Kier molecular flexibility index (Phi) is 4.53. The van der Waals surface area contributed by atoms with Gasteiger partial charge in [0.15, 0.2) is 0 Å². The molecule has 6 heteroatoms. The van der Waals surface area contributed by atoms with Crippen molar-refractivity contribution < 1.29 is 4.79 Å². The van der Waals surface area contributed by atoms with E-state index < -0.39 is 21.2 Å². The Morgan fingerprint density at radius 1 is 1.30 bits per heavy atom. The van der Waals surface area contributed by atoms with Gasteiger partial charge in [-0.15, -0.1) is 0 Å². The van der Waals surface area contributed by atoms with E-state index >= 15 is 0 Å². The molecule has 0 saturated carbocycles. The predicted molar refractivity (Wildman–Crippen MR) is 89.9 cm³/mol. The molecule has 110 valence electrons. The van der Waals surface area contributed by atoms with Crippen molar-refractivity contribution in [2.24, 2.45) is 11.0 Å². The van der Waals surface area contributed by atoms with Crippen LogP contribution in [0.15, 0.2) is 28.5 Å². The molecular formula is C14H25N3OSi2. The van der Waals surface area contributed by atoms with Crippen molar-refractivity contribution in [1.29, 1.82) is 0 Å². The third kappa shape index (κ3) is 2.82. The number of allylic oxidation sites excluding steroid dienone is 3. The number of nitrogens with zero attached hydrogens (tertiary/aromatic N) is 3. The lowest BCUT2D eigenvalue weighted by molar-refractivity contribution is -0.120. The van der Waals surface area contributed by atoms with E-state index in [0.29, 0.717) is 0 Å². The monoisotopic (exact) mass is 307 g/mol. The summed E-state index contributed by atoms with van der Waals surface area (Å²) < 4.78 is 0. The van der Waals surface area contributed by atoms with Gasteiger partial charge in [-0.05, 0) is 16.6 Å². The molecule has 0 bridgehead atoms. The second-order valence-corrected chi connectivity index (χ2v) is 18.0. The van der Waals surface area contributed by atoms with Crippen LogP contribution < -0.4 is 0 Å². The van der Waals surface area contributed by atoms with Gasteiger partial charge in [-0.2, -0.15) is 0 Å². The Bertz CT molecular complexity index is 520. The quantitative estimate of drug-likeness (QED) is 0.316. The lowest BCUT2D eigenvalue weighted by atomic mass is 9.88. The van der Waals surface area contributed by atoms with Gasteiger partial charge in [-0.3, -0.25) is 4.79 Å². The fourth-order valence-electron chi connectivity index (χ4n) is 2.97. The number of carbonyl (C=O) groups excluding carboxylic acids is 1. The Hall–Kier alpha value is -1.11. The lowest BCUT2D eigenvalue weighted by Gasteiger charge is -2.45. The molecule has 0 radical (unpaired) electrons. The topological polar surface area (TPSA) is 65.8 Å². The van der Waals surface area contributed by atoms with Crippen LogP contribution in [0.2, 0.25) is 44.3 Å². The molecule has 0 heterocycles. The van der Waals surface area contributed by atoms with Crippen molar-refractivity contribution in [3.63, 3.8) is 0 Å². The second-order valence-electron chi connectivity index (χ2n) is 7.61. The van der Waals surface area contributed by atoms with Crippen LogP contribution in [-0.2, 0) is 4.79 Å². The highest BCUT2D eigenvalue weighted by molar-refractivity contribution is 6.85. The molecule has 0 aliphatic heterocycles. The van der Waals surface area contributed by atoms with Crippen LogP contribution in [0.25, 0.3) is 10.4 Å². The van der Waals surface area contributed by atoms with Crippen LogP contribution in [0.1, 0.15) is 6.92 Å². The third-order valence-electron chi connectivity index (χ3n) is 4.27. The Morgan fingerprint density at radius 2 is 1.85 bits per heavy atom. The number of carbonyl (C=O) groups is 1. The van der Waals surface area contributed by atoms with Crippen molar-refractivity contribution in [3.05, 3.63) is 33.9 Å². The minimum Gasteiger partial charge on any atom is -0.292 e. The molecule has 1 rings (SSSR count). The van der Waals surface area contributed by atoms with Gasteiger partial charge in [-0.25, -0.2) is 0 Å².